The summed E-state index contributed by atoms with van der Waals surface area (Å²) >= 11 is 0. The molecule has 4 rings (SSSR count). The van der Waals surface area contributed by atoms with Crippen molar-refractivity contribution < 1.29 is 4.74 Å². The van der Waals surface area contributed by atoms with E-state index >= 15 is 0 Å². The van der Waals surface area contributed by atoms with Gasteiger partial charge in [0.25, 0.3) is 0 Å². The minimum Gasteiger partial charge on any atom is -0.381 e. The number of rotatable bonds is 5. The predicted molar refractivity (Wildman–Crippen MR) is 95.9 cm³/mol. The van der Waals surface area contributed by atoms with Gasteiger partial charge in [-0.3, -0.25) is 9.88 Å². The van der Waals surface area contributed by atoms with E-state index in [-0.39, 0.29) is 0 Å². The molecule has 1 saturated heterocycles. The monoisotopic (exact) mass is 329 g/mol. The van der Waals surface area contributed by atoms with Crippen LogP contribution in [0.15, 0.2) is 24.5 Å². The van der Waals surface area contributed by atoms with Gasteiger partial charge in [-0.25, -0.2) is 0 Å². The number of aromatic nitrogens is 1. The summed E-state index contributed by atoms with van der Waals surface area (Å²) in [6, 6.07) is 6.17. The van der Waals surface area contributed by atoms with E-state index in [4.69, 9.17) is 4.74 Å². The van der Waals surface area contributed by atoms with E-state index in [1.165, 1.54) is 57.2 Å². The zero-order valence-electron chi connectivity index (χ0n) is 15.1. The Labute approximate surface area is 146 Å². The van der Waals surface area contributed by atoms with Gasteiger partial charge in [0.05, 0.1) is 6.10 Å². The molecule has 2 saturated carbocycles. The van der Waals surface area contributed by atoms with Gasteiger partial charge in [0.2, 0.25) is 0 Å². The van der Waals surface area contributed by atoms with Crippen molar-refractivity contribution in [2.75, 3.05) is 20.2 Å². The summed E-state index contributed by atoms with van der Waals surface area (Å²) in [5.41, 5.74) is 1.86. The highest BCUT2D eigenvalue weighted by Crippen LogP contribution is 2.57. The Bertz CT molecular complexity index is 537. The summed E-state index contributed by atoms with van der Waals surface area (Å²) in [6.45, 7) is 4.70. The van der Waals surface area contributed by atoms with E-state index in [1.54, 1.807) is 0 Å². The third-order valence-corrected chi connectivity index (χ3v) is 7.06. The predicted octanol–water partition coefficient (Wildman–Crippen LogP) is 3.15. The second-order valence-electron chi connectivity index (χ2n) is 8.03. The Balaban J connectivity index is 1.28. The average Bonchev–Trinajstić information content (AvgIpc) is 2.57. The number of nitrogens with zero attached hydrogens (tertiary/aromatic N) is 2. The van der Waals surface area contributed by atoms with Crippen LogP contribution in [0.1, 0.15) is 57.1 Å². The molecule has 132 valence electrons. The minimum atomic E-state index is 0.482. The van der Waals surface area contributed by atoms with Crippen LogP contribution < -0.4 is 5.32 Å². The molecule has 2 heterocycles. The molecule has 0 amide bonds. The van der Waals surface area contributed by atoms with E-state index in [0.717, 1.165) is 0 Å². The van der Waals surface area contributed by atoms with E-state index < -0.39 is 0 Å². The number of hydrogen-bond donors (Lipinski definition) is 1. The molecule has 0 aromatic carbocycles. The second-order valence-corrected chi connectivity index (χ2v) is 8.03. The van der Waals surface area contributed by atoms with E-state index in [2.05, 4.69) is 34.3 Å². The molecule has 2 aliphatic carbocycles. The van der Waals surface area contributed by atoms with Crippen molar-refractivity contribution in [2.24, 2.45) is 5.41 Å². The third kappa shape index (κ3) is 2.79. The molecule has 3 atom stereocenters. The Kier molecular flexibility index (Phi) is 4.63. The zero-order valence-corrected chi connectivity index (χ0v) is 15.1. The summed E-state index contributed by atoms with van der Waals surface area (Å²) in [5.74, 6) is 0. The van der Waals surface area contributed by atoms with Gasteiger partial charge in [0, 0.05) is 56.1 Å². The van der Waals surface area contributed by atoms with Crippen molar-refractivity contribution in [3.05, 3.63) is 30.1 Å². The Morgan fingerprint density at radius 2 is 1.96 bits per heavy atom. The number of methoxy groups -OCH3 is 1. The van der Waals surface area contributed by atoms with E-state index in [0.29, 0.717) is 29.6 Å². The van der Waals surface area contributed by atoms with Gasteiger partial charge < -0.3 is 10.1 Å². The number of nitrogens with one attached hydrogen (secondary N) is 1. The van der Waals surface area contributed by atoms with Crippen LogP contribution >= 0.6 is 0 Å². The normalized spacial score (nSPS) is 31.4. The maximum Gasteiger partial charge on any atom is 0.0657 e. The fourth-order valence-corrected chi connectivity index (χ4v) is 5.16. The topological polar surface area (TPSA) is 37.4 Å². The second kappa shape index (κ2) is 6.74. The highest BCUT2D eigenvalue weighted by molar-refractivity contribution is 5.15. The summed E-state index contributed by atoms with van der Waals surface area (Å²) in [4.78, 5) is 6.75. The summed E-state index contributed by atoms with van der Waals surface area (Å²) in [7, 11) is 1.89. The third-order valence-electron chi connectivity index (χ3n) is 7.06. The lowest BCUT2D eigenvalue weighted by atomic mass is 9.51. The molecule has 1 aromatic rings. The molecule has 4 heteroatoms. The van der Waals surface area contributed by atoms with Gasteiger partial charge in [-0.15, -0.1) is 0 Å². The number of hydrogen-bond acceptors (Lipinski definition) is 4. The maximum absolute atomic E-state index is 5.71. The van der Waals surface area contributed by atoms with Crippen LogP contribution in [0, 0.1) is 5.41 Å². The quantitative estimate of drug-likeness (QED) is 0.900. The molecule has 3 aliphatic rings. The fraction of sp³-hybridized carbons (Fsp3) is 0.750. The van der Waals surface area contributed by atoms with Crippen molar-refractivity contribution in [1.29, 1.82) is 0 Å². The Morgan fingerprint density at radius 1 is 1.25 bits per heavy atom. The Hall–Kier alpha value is -0.970. The molecule has 0 bridgehead atoms. The molecule has 1 spiro atoms. The maximum atomic E-state index is 5.71. The fourth-order valence-electron chi connectivity index (χ4n) is 5.16. The summed E-state index contributed by atoms with van der Waals surface area (Å²) in [6.07, 6.45) is 12.2. The van der Waals surface area contributed by atoms with Crippen LogP contribution in [0.5, 0.6) is 0 Å². The van der Waals surface area contributed by atoms with Crippen molar-refractivity contribution in [2.45, 2.75) is 69.7 Å². The van der Waals surface area contributed by atoms with Crippen LogP contribution in [0.2, 0.25) is 0 Å². The number of likely N-dealkylation sites (tertiary alicyclic amines) is 1. The average molecular weight is 329 g/mol. The van der Waals surface area contributed by atoms with Crippen LogP contribution in [0.25, 0.3) is 0 Å². The molecule has 3 unspecified atom stereocenters. The SMILES string of the molecule is COC1CC(NC2CCN(C(C)c3ccncc3)CC2)C12CCC2. The first kappa shape index (κ1) is 16.5. The number of pyridine rings is 1. The first-order chi connectivity index (χ1) is 11.7. The van der Waals surface area contributed by atoms with Gasteiger partial charge in [0.1, 0.15) is 0 Å². The van der Waals surface area contributed by atoms with Crippen LogP contribution in [-0.2, 0) is 4.74 Å². The van der Waals surface area contributed by atoms with Gasteiger partial charge in [-0.2, -0.15) is 0 Å². The molecule has 1 N–H and O–H groups in total. The molecule has 24 heavy (non-hydrogen) atoms. The molecular weight excluding hydrogens is 298 g/mol. The van der Waals surface area contributed by atoms with E-state index in [1.807, 2.05) is 19.5 Å². The molecule has 0 radical (unpaired) electrons. The highest BCUT2D eigenvalue weighted by atomic mass is 16.5. The first-order valence-corrected chi connectivity index (χ1v) is 9.66. The lowest BCUT2D eigenvalue weighted by Gasteiger charge is -2.61. The molecule has 1 aromatic heterocycles. The van der Waals surface area contributed by atoms with Crippen LogP contribution in [0.4, 0.5) is 0 Å². The van der Waals surface area contributed by atoms with Crippen LogP contribution in [0.3, 0.4) is 0 Å². The van der Waals surface area contributed by atoms with Gasteiger partial charge >= 0.3 is 0 Å². The van der Waals surface area contributed by atoms with Crippen molar-refractivity contribution in [3.8, 4) is 0 Å². The smallest absolute Gasteiger partial charge is 0.0657 e. The highest BCUT2D eigenvalue weighted by Gasteiger charge is 2.58. The molecular formula is C20H31N3O. The zero-order chi connectivity index (χ0) is 16.6. The van der Waals surface area contributed by atoms with Crippen molar-refractivity contribution >= 4 is 0 Å². The summed E-state index contributed by atoms with van der Waals surface area (Å²) in [5, 5.41) is 3.99. The lowest BCUT2D eigenvalue weighted by molar-refractivity contribution is -0.164. The molecule has 3 fully saturated rings. The van der Waals surface area contributed by atoms with Gasteiger partial charge in [-0.1, -0.05) is 6.42 Å². The molecule has 4 nitrogen and oxygen atoms in total. The molecule has 1 aliphatic heterocycles. The minimum absolute atomic E-state index is 0.482. The van der Waals surface area contributed by atoms with Crippen molar-refractivity contribution in [1.82, 2.24) is 15.2 Å². The van der Waals surface area contributed by atoms with Crippen LogP contribution in [-0.4, -0.2) is 48.3 Å². The standard InChI is InChI=1S/C20H31N3O/c1-15(16-4-10-21-11-5-16)23-12-6-17(7-13-23)22-18-14-19(24-2)20(18)8-3-9-20/h4-5,10-11,15,17-19,22H,3,6-9,12-14H2,1-2H3. The summed E-state index contributed by atoms with van der Waals surface area (Å²) < 4.78 is 5.71. The lowest BCUT2D eigenvalue weighted by Crippen LogP contribution is -2.68. The van der Waals surface area contributed by atoms with Gasteiger partial charge in [-0.05, 0) is 56.7 Å². The van der Waals surface area contributed by atoms with Crippen molar-refractivity contribution in [3.63, 3.8) is 0 Å². The Morgan fingerprint density at radius 3 is 2.54 bits per heavy atom. The first-order valence-electron chi connectivity index (χ1n) is 9.66. The van der Waals surface area contributed by atoms with Gasteiger partial charge in [0.15, 0.2) is 0 Å². The largest absolute Gasteiger partial charge is 0.381 e. The number of piperidine rings is 1. The van der Waals surface area contributed by atoms with E-state index in [9.17, 15) is 0 Å². The number of ether oxygens (including phenoxy) is 1.